The van der Waals surface area contributed by atoms with E-state index in [1.807, 2.05) is 0 Å². The van der Waals surface area contributed by atoms with Crippen LogP contribution in [0.1, 0.15) is 34.2 Å². The summed E-state index contributed by atoms with van der Waals surface area (Å²) < 4.78 is 0. The number of hydrogen-bond donors (Lipinski definition) is 1. The van der Waals surface area contributed by atoms with Crippen molar-refractivity contribution >= 4 is 5.69 Å². The number of fused-ring (bicyclic) bond motifs is 1. The Morgan fingerprint density at radius 1 is 0.947 bits per heavy atom. The van der Waals surface area contributed by atoms with E-state index in [2.05, 4.69) is 55.6 Å². The lowest BCUT2D eigenvalue weighted by Gasteiger charge is -2.11. The lowest BCUT2D eigenvalue weighted by Crippen LogP contribution is -2.02. The largest absolute Gasteiger partial charge is 0.381 e. The predicted molar refractivity (Wildman–Crippen MR) is 81.7 cm³/mol. The van der Waals surface area contributed by atoms with Gasteiger partial charge >= 0.3 is 0 Å². The van der Waals surface area contributed by atoms with Gasteiger partial charge in [0.15, 0.2) is 0 Å². The van der Waals surface area contributed by atoms with Gasteiger partial charge in [0, 0.05) is 12.2 Å². The van der Waals surface area contributed by atoms with Crippen LogP contribution in [0.4, 0.5) is 5.69 Å². The van der Waals surface area contributed by atoms with Crippen LogP contribution in [0, 0.1) is 13.8 Å². The van der Waals surface area contributed by atoms with Crippen LogP contribution >= 0.6 is 0 Å². The van der Waals surface area contributed by atoms with Crippen LogP contribution in [0.25, 0.3) is 0 Å². The lowest BCUT2D eigenvalue weighted by molar-refractivity contribution is 0.912. The van der Waals surface area contributed by atoms with Gasteiger partial charge in [-0.1, -0.05) is 29.8 Å². The number of benzene rings is 2. The van der Waals surface area contributed by atoms with Crippen molar-refractivity contribution in [2.24, 2.45) is 0 Å². The first-order chi connectivity index (χ1) is 9.22. The summed E-state index contributed by atoms with van der Waals surface area (Å²) in [6, 6.07) is 13.5. The molecular weight excluding hydrogens is 230 g/mol. The highest BCUT2D eigenvalue weighted by Crippen LogP contribution is 2.25. The molecule has 0 bridgehead atoms. The third-order valence-electron chi connectivity index (χ3n) is 4.09. The van der Waals surface area contributed by atoms with Crippen molar-refractivity contribution in [1.82, 2.24) is 0 Å². The minimum atomic E-state index is 0.909. The molecule has 0 spiro atoms. The minimum Gasteiger partial charge on any atom is -0.381 e. The van der Waals surface area contributed by atoms with Crippen LogP contribution in [0.15, 0.2) is 36.4 Å². The fraction of sp³-hybridized carbons (Fsp3) is 0.333. The van der Waals surface area contributed by atoms with Crippen molar-refractivity contribution in [3.63, 3.8) is 0 Å². The number of nitrogens with one attached hydrogen (secondary N) is 1. The van der Waals surface area contributed by atoms with E-state index < -0.39 is 0 Å². The molecule has 0 heterocycles. The van der Waals surface area contributed by atoms with Crippen LogP contribution in [-0.4, -0.2) is 0 Å². The smallest absolute Gasteiger partial charge is 0.0403 e. The molecule has 0 fully saturated rings. The molecule has 1 N–H and O–H groups in total. The third kappa shape index (κ3) is 2.65. The lowest BCUT2D eigenvalue weighted by atomic mass is 10.1. The third-order valence-corrected chi connectivity index (χ3v) is 4.09. The van der Waals surface area contributed by atoms with Gasteiger partial charge in [0.25, 0.3) is 0 Å². The molecule has 0 aliphatic heterocycles. The maximum absolute atomic E-state index is 3.56. The number of anilines is 1. The summed E-state index contributed by atoms with van der Waals surface area (Å²) in [4.78, 5) is 0. The molecule has 0 radical (unpaired) electrons. The van der Waals surface area contributed by atoms with E-state index >= 15 is 0 Å². The average Bonchev–Trinajstić information content (AvgIpc) is 2.87. The zero-order valence-corrected chi connectivity index (χ0v) is 11.8. The van der Waals surface area contributed by atoms with Crippen molar-refractivity contribution < 1.29 is 0 Å². The highest BCUT2D eigenvalue weighted by molar-refractivity contribution is 5.50. The number of hydrogen-bond acceptors (Lipinski definition) is 1. The normalized spacial score (nSPS) is 13.4. The van der Waals surface area contributed by atoms with E-state index in [0.29, 0.717) is 0 Å². The zero-order valence-electron chi connectivity index (χ0n) is 11.8. The topological polar surface area (TPSA) is 12.0 Å². The summed E-state index contributed by atoms with van der Waals surface area (Å²) in [7, 11) is 0. The molecule has 0 saturated carbocycles. The molecule has 3 rings (SSSR count). The first-order valence-corrected chi connectivity index (χ1v) is 7.14. The second kappa shape index (κ2) is 5.08. The maximum atomic E-state index is 3.56. The van der Waals surface area contributed by atoms with Gasteiger partial charge in [0.1, 0.15) is 0 Å². The summed E-state index contributed by atoms with van der Waals surface area (Å²) in [5.41, 5.74) is 8.40. The first-order valence-electron chi connectivity index (χ1n) is 7.14. The van der Waals surface area contributed by atoms with Crippen molar-refractivity contribution in [2.75, 3.05) is 5.32 Å². The Hall–Kier alpha value is -1.76. The SMILES string of the molecule is Cc1ccc(C)c(CNc2ccc3c(c2)CCC3)c1. The van der Waals surface area contributed by atoms with E-state index in [4.69, 9.17) is 0 Å². The minimum absolute atomic E-state index is 0.909. The Morgan fingerprint density at radius 3 is 2.68 bits per heavy atom. The Kier molecular flexibility index (Phi) is 3.29. The Labute approximate surface area is 115 Å². The Balaban J connectivity index is 1.74. The van der Waals surface area contributed by atoms with E-state index in [-0.39, 0.29) is 0 Å². The first kappa shape index (κ1) is 12.3. The van der Waals surface area contributed by atoms with Crippen molar-refractivity contribution in [3.05, 3.63) is 64.2 Å². The summed E-state index contributed by atoms with van der Waals surface area (Å²) in [5.74, 6) is 0. The summed E-state index contributed by atoms with van der Waals surface area (Å²) in [6.45, 7) is 5.24. The van der Waals surface area contributed by atoms with Crippen LogP contribution in [0.3, 0.4) is 0 Å². The van der Waals surface area contributed by atoms with Gasteiger partial charge in [-0.3, -0.25) is 0 Å². The van der Waals surface area contributed by atoms with Gasteiger partial charge in [0.05, 0.1) is 0 Å². The summed E-state index contributed by atoms with van der Waals surface area (Å²) in [6.07, 6.45) is 3.82. The van der Waals surface area contributed by atoms with Gasteiger partial charge in [0.2, 0.25) is 0 Å². The second-order valence-electron chi connectivity index (χ2n) is 5.62. The van der Waals surface area contributed by atoms with E-state index in [1.54, 1.807) is 0 Å². The van der Waals surface area contributed by atoms with Crippen molar-refractivity contribution in [2.45, 2.75) is 39.7 Å². The Bertz CT molecular complexity index is 599. The van der Waals surface area contributed by atoms with E-state index in [9.17, 15) is 0 Å². The van der Waals surface area contributed by atoms with Crippen molar-refractivity contribution in [3.8, 4) is 0 Å². The second-order valence-corrected chi connectivity index (χ2v) is 5.62. The number of rotatable bonds is 3. The monoisotopic (exact) mass is 251 g/mol. The van der Waals surface area contributed by atoms with Crippen LogP contribution in [0.5, 0.6) is 0 Å². The highest BCUT2D eigenvalue weighted by Gasteiger charge is 2.10. The maximum Gasteiger partial charge on any atom is 0.0403 e. The standard InChI is InChI=1S/C18H21N/c1-13-6-7-14(2)17(10-13)12-19-18-9-8-15-4-3-5-16(15)11-18/h6-11,19H,3-5,12H2,1-2H3. The quantitative estimate of drug-likeness (QED) is 0.852. The molecule has 2 aromatic carbocycles. The van der Waals surface area contributed by atoms with Crippen molar-refractivity contribution in [1.29, 1.82) is 0 Å². The molecule has 1 heteroatoms. The molecule has 0 atom stereocenters. The van der Waals surface area contributed by atoms with Crippen LogP contribution < -0.4 is 5.32 Å². The van der Waals surface area contributed by atoms with E-state index in [1.165, 1.54) is 52.8 Å². The fourth-order valence-corrected chi connectivity index (χ4v) is 2.87. The molecule has 19 heavy (non-hydrogen) atoms. The highest BCUT2D eigenvalue weighted by atomic mass is 14.9. The molecule has 1 nitrogen and oxygen atoms in total. The van der Waals surface area contributed by atoms with Gasteiger partial charge in [-0.15, -0.1) is 0 Å². The zero-order chi connectivity index (χ0) is 13.2. The molecule has 2 aromatic rings. The van der Waals surface area contributed by atoms with E-state index in [0.717, 1.165) is 6.54 Å². The molecule has 98 valence electrons. The van der Waals surface area contributed by atoms with Gasteiger partial charge in [-0.25, -0.2) is 0 Å². The van der Waals surface area contributed by atoms with Crippen LogP contribution in [0.2, 0.25) is 0 Å². The van der Waals surface area contributed by atoms with Gasteiger partial charge in [-0.2, -0.15) is 0 Å². The number of aryl methyl sites for hydroxylation is 4. The van der Waals surface area contributed by atoms with Gasteiger partial charge in [-0.05, 0) is 67.5 Å². The summed E-state index contributed by atoms with van der Waals surface area (Å²) >= 11 is 0. The molecule has 0 aromatic heterocycles. The molecule has 0 saturated heterocycles. The van der Waals surface area contributed by atoms with Gasteiger partial charge < -0.3 is 5.32 Å². The average molecular weight is 251 g/mol. The molecule has 1 aliphatic carbocycles. The summed E-state index contributed by atoms with van der Waals surface area (Å²) in [5, 5.41) is 3.56. The predicted octanol–water partition coefficient (Wildman–Crippen LogP) is 4.40. The molecule has 0 unspecified atom stereocenters. The Morgan fingerprint density at radius 2 is 1.79 bits per heavy atom. The molecular formula is C18H21N. The fourth-order valence-electron chi connectivity index (χ4n) is 2.87. The molecule has 0 amide bonds. The molecule has 1 aliphatic rings. The van der Waals surface area contributed by atoms with Crippen LogP contribution in [-0.2, 0) is 19.4 Å².